The van der Waals surface area contributed by atoms with E-state index in [-0.39, 0.29) is 22.8 Å². The van der Waals surface area contributed by atoms with Crippen LogP contribution in [-0.2, 0) is 19.6 Å². The molecule has 2 rings (SSSR count). The van der Waals surface area contributed by atoms with Gasteiger partial charge in [-0.25, -0.2) is 8.42 Å². The molecule has 1 aromatic rings. The van der Waals surface area contributed by atoms with Crippen molar-refractivity contribution in [2.75, 3.05) is 33.8 Å². The Bertz CT molecular complexity index is 563. The first kappa shape index (κ1) is 16.4. The second-order valence-corrected chi connectivity index (χ2v) is 8.23. The van der Waals surface area contributed by atoms with E-state index in [0.29, 0.717) is 13.1 Å². The maximum atomic E-state index is 12.3. The van der Waals surface area contributed by atoms with Gasteiger partial charge in [-0.2, -0.15) is 4.31 Å². The highest BCUT2D eigenvalue weighted by Crippen LogP contribution is 2.20. The lowest BCUT2D eigenvalue weighted by Gasteiger charge is -2.32. The molecule has 0 atom stereocenters. The lowest BCUT2D eigenvalue weighted by atomic mass is 10.1. The third-order valence-electron chi connectivity index (χ3n) is 3.65. The van der Waals surface area contributed by atoms with Gasteiger partial charge in [-0.15, -0.1) is 11.3 Å². The molecule has 1 aliphatic heterocycles. The predicted octanol–water partition coefficient (Wildman–Crippen LogP) is 1.01. The van der Waals surface area contributed by atoms with Crippen molar-refractivity contribution in [3.05, 3.63) is 17.5 Å². The number of likely N-dealkylation sites (N-methyl/N-ethyl adjacent to an activating group) is 1. The van der Waals surface area contributed by atoms with Crippen molar-refractivity contribution in [2.24, 2.45) is 0 Å². The van der Waals surface area contributed by atoms with Crippen molar-refractivity contribution in [1.82, 2.24) is 9.21 Å². The van der Waals surface area contributed by atoms with Gasteiger partial charge < -0.3 is 9.64 Å². The van der Waals surface area contributed by atoms with E-state index in [1.807, 2.05) is 0 Å². The van der Waals surface area contributed by atoms with Crippen molar-refractivity contribution in [1.29, 1.82) is 0 Å². The molecule has 0 N–H and O–H groups in total. The first-order chi connectivity index (χ1) is 9.95. The Morgan fingerprint density at radius 1 is 1.48 bits per heavy atom. The Labute approximate surface area is 129 Å². The standard InChI is InChI=1S/C13H20N2O4S2/c1-14(21(17,18)13-4-3-9-20-13)10-12(16)15-7-5-11(19-2)6-8-15/h3-4,9,11H,5-8,10H2,1-2H3. The highest BCUT2D eigenvalue weighted by Gasteiger charge is 2.28. The fourth-order valence-corrected chi connectivity index (χ4v) is 4.60. The number of thiophene rings is 1. The van der Waals surface area contributed by atoms with Crippen molar-refractivity contribution in [2.45, 2.75) is 23.2 Å². The van der Waals surface area contributed by atoms with E-state index in [9.17, 15) is 13.2 Å². The van der Waals surface area contributed by atoms with Gasteiger partial charge in [0.2, 0.25) is 5.91 Å². The van der Waals surface area contributed by atoms with Gasteiger partial charge in [-0.3, -0.25) is 4.79 Å². The van der Waals surface area contributed by atoms with Crippen molar-refractivity contribution in [3.63, 3.8) is 0 Å². The van der Waals surface area contributed by atoms with Crippen LogP contribution in [0.25, 0.3) is 0 Å². The molecule has 6 nitrogen and oxygen atoms in total. The average molecular weight is 332 g/mol. The molecule has 118 valence electrons. The molecule has 0 aliphatic carbocycles. The molecule has 1 aliphatic rings. The molecule has 0 aromatic carbocycles. The summed E-state index contributed by atoms with van der Waals surface area (Å²) >= 11 is 1.15. The summed E-state index contributed by atoms with van der Waals surface area (Å²) in [5.74, 6) is -0.160. The molecular formula is C13H20N2O4S2. The number of carbonyl (C=O) groups is 1. The monoisotopic (exact) mass is 332 g/mol. The van der Waals surface area contributed by atoms with Crippen LogP contribution in [0.15, 0.2) is 21.7 Å². The molecule has 1 saturated heterocycles. The normalized spacial score (nSPS) is 17.4. The number of piperidine rings is 1. The molecule has 1 fully saturated rings. The molecule has 0 bridgehead atoms. The Morgan fingerprint density at radius 3 is 2.67 bits per heavy atom. The largest absolute Gasteiger partial charge is 0.381 e. The van der Waals surface area contributed by atoms with E-state index in [4.69, 9.17) is 4.74 Å². The van der Waals surface area contributed by atoms with E-state index < -0.39 is 10.0 Å². The fourth-order valence-electron chi connectivity index (χ4n) is 2.28. The number of hydrogen-bond acceptors (Lipinski definition) is 5. The van der Waals surface area contributed by atoms with Crippen LogP contribution in [0.3, 0.4) is 0 Å². The summed E-state index contributed by atoms with van der Waals surface area (Å²) < 4.78 is 31.1. The highest BCUT2D eigenvalue weighted by atomic mass is 32.2. The molecule has 0 radical (unpaired) electrons. The number of sulfonamides is 1. The topological polar surface area (TPSA) is 66.9 Å². The summed E-state index contributed by atoms with van der Waals surface area (Å²) in [6.45, 7) is 1.10. The first-order valence-corrected chi connectivity index (χ1v) is 9.07. The third-order valence-corrected chi connectivity index (χ3v) is 6.82. The summed E-state index contributed by atoms with van der Waals surface area (Å²) in [6.07, 6.45) is 1.79. The quantitative estimate of drug-likeness (QED) is 0.807. The number of nitrogens with zero attached hydrogens (tertiary/aromatic N) is 2. The number of likely N-dealkylation sites (tertiary alicyclic amines) is 1. The van der Waals surface area contributed by atoms with E-state index in [2.05, 4.69) is 0 Å². The zero-order valence-corrected chi connectivity index (χ0v) is 13.8. The van der Waals surface area contributed by atoms with Gasteiger partial charge in [0.05, 0.1) is 12.6 Å². The molecule has 2 heterocycles. The smallest absolute Gasteiger partial charge is 0.252 e. The Balaban J connectivity index is 1.94. The molecule has 21 heavy (non-hydrogen) atoms. The summed E-state index contributed by atoms with van der Waals surface area (Å²) in [4.78, 5) is 13.9. The molecule has 1 amide bonds. The number of methoxy groups -OCH3 is 1. The molecular weight excluding hydrogens is 312 g/mol. The zero-order valence-electron chi connectivity index (χ0n) is 12.2. The number of rotatable bonds is 5. The second-order valence-electron chi connectivity index (χ2n) is 5.01. The lowest BCUT2D eigenvalue weighted by molar-refractivity contribution is -0.133. The maximum absolute atomic E-state index is 12.3. The number of carbonyl (C=O) groups excluding carboxylic acids is 1. The molecule has 0 saturated carbocycles. The highest BCUT2D eigenvalue weighted by molar-refractivity contribution is 7.91. The Kier molecular flexibility index (Phi) is 5.37. The van der Waals surface area contributed by atoms with Crippen LogP contribution in [-0.4, -0.2) is 63.4 Å². The van der Waals surface area contributed by atoms with Crippen LogP contribution in [0.1, 0.15) is 12.8 Å². The van der Waals surface area contributed by atoms with Crippen LogP contribution in [0.4, 0.5) is 0 Å². The summed E-state index contributed by atoms with van der Waals surface area (Å²) in [5, 5.41) is 1.71. The summed E-state index contributed by atoms with van der Waals surface area (Å²) in [7, 11) is -0.456. The molecule has 0 unspecified atom stereocenters. The second kappa shape index (κ2) is 6.87. The van der Waals surface area contributed by atoms with E-state index in [1.54, 1.807) is 29.5 Å². The van der Waals surface area contributed by atoms with Gasteiger partial charge in [0, 0.05) is 27.2 Å². The third kappa shape index (κ3) is 3.82. The zero-order chi connectivity index (χ0) is 15.5. The number of hydrogen-bond donors (Lipinski definition) is 0. The van der Waals surface area contributed by atoms with Gasteiger partial charge >= 0.3 is 0 Å². The molecule has 8 heteroatoms. The average Bonchev–Trinajstić information content (AvgIpc) is 3.02. The minimum Gasteiger partial charge on any atom is -0.381 e. The van der Waals surface area contributed by atoms with Gasteiger partial charge in [0.1, 0.15) is 4.21 Å². The minimum atomic E-state index is -3.57. The first-order valence-electron chi connectivity index (χ1n) is 6.75. The number of ether oxygens (including phenoxy) is 1. The van der Waals surface area contributed by atoms with Gasteiger partial charge in [0.15, 0.2) is 0 Å². The number of amides is 1. The minimum absolute atomic E-state index is 0.127. The van der Waals surface area contributed by atoms with E-state index in [0.717, 1.165) is 28.5 Å². The van der Waals surface area contributed by atoms with Gasteiger partial charge in [-0.1, -0.05) is 6.07 Å². The van der Waals surface area contributed by atoms with Gasteiger partial charge in [-0.05, 0) is 24.3 Å². The van der Waals surface area contributed by atoms with Crippen LogP contribution < -0.4 is 0 Å². The van der Waals surface area contributed by atoms with Crippen molar-refractivity contribution in [3.8, 4) is 0 Å². The SMILES string of the molecule is COC1CCN(C(=O)CN(C)S(=O)(=O)c2cccs2)CC1. The molecule has 1 aromatic heterocycles. The van der Waals surface area contributed by atoms with Crippen LogP contribution in [0, 0.1) is 0 Å². The van der Waals surface area contributed by atoms with Gasteiger partial charge in [0.25, 0.3) is 10.0 Å². The maximum Gasteiger partial charge on any atom is 0.252 e. The summed E-state index contributed by atoms with van der Waals surface area (Å²) in [6, 6.07) is 3.23. The van der Waals surface area contributed by atoms with Crippen LogP contribution in [0.5, 0.6) is 0 Å². The van der Waals surface area contributed by atoms with Crippen LogP contribution in [0.2, 0.25) is 0 Å². The molecule has 0 spiro atoms. The van der Waals surface area contributed by atoms with Crippen molar-refractivity contribution < 1.29 is 17.9 Å². The van der Waals surface area contributed by atoms with Crippen molar-refractivity contribution >= 4 is 27.3 Å². The Morgan fingerprint density at radius 2 is 2.14 bits per heavy atom. The predicted molar refractivity (Wildman–Crippen MR) is 80.7 cm³/mol. The summed E-state index contributed by atoms with van der Waals surface area (Å²) in [5.41, 5.74) is 0. The Hall–Kier alpha value is -0.960. The van der Waals surface area contributed by atoms with E-state index in [1.165, 1.54) is 7.05 Å². The van der Waals surface area contributed by atoms with E-state index >= 15 is 0 Å². The van der Waals surface area contributed by atoms with Crippen LogP contribution >= 0.6 is 11.3 Å². The lowest BCUT2D eigenvalue weighted by Crippen LogP contribution is -2.45. The fraction of sp³-hybridized carbons (Fsp3) is 0.615.